The molecule has 0 aromatic rings. The van der Waals surface area contributed by atoms with E-state index in [0.717, 1.165) is 32.2 Å². The van der Waals surface area contributed by atoms with Crippen molar-refractivity contribution in [1.82, 2.24) is 10.6 Å². The van der Waals surface area contributed by atoms with Crippen LogP contribution >= 0.6 is 0 Å². The maximum Gasteiger partial charge on any atom is 0.0961 e. The minimum Gasteiger partial charge on any atom is -0.379 e. The highest BCUT2D eigenvalue weighted by Crippen LogP contribution is 2.31. The molecule has 0 bridgehead atoms. The van der Waals surface area contributed by atoms with Gasteiger partial charge in [0.05, 0.1) is 12.7 Å². The fourth-order valence-electron chi connectivity index (χ4n) is 4.35. The Labute approximate surface area is 135 Å². The third kappa shape index (κ3) is 4.67. The average Bonchev–Trinajstić information content (AvgIpc) is 3.18. The highest BCUT2D eigenvalue weighted by atomic mass is 16.5. The average molecular weight is 310 g/mol. The predicted octanol–water partition coefficient (Wildman–Crippen LogP) is 2.47. The third-order valence-corrected chi connectivity index (χ3v) is 5.19. The van der Waals surface area contributed by atoms with E-state index in [0.29, 0.717) is 12.1 Å². The summed E-state index contributed by atoms with van der Waals surface area (Å²) in [6, 6.07) is 1.00. The Bertz CT molecular complexity index is 363. The summed E-state index contributed by atoms with van der Waals surface area (Å²) in [6.45, 7) is 11.8. The second kappa shape index (κ2) is 6.39. The minimum atomic E-state index is 0.189. The minimum absolute atomic E-state index is 0.189. The molecule has 1 aliphatic carbocycles. The zero-order valence-corrected chi connectivity index (χ0v) is 14.8. The van der Waals surface area contributed by atoms with Crippen LogP contribution in [-0.2, 0) is 9.47 Å². The van der Waals surface area contributed by atoms with E-state index in [2.05, 4.69) is 38.3 Å². The second-order valence-corrected chi connectivity index (χ2v) is 8.95. The molecule has 2 N–H and O–H groups in total. The summed E-state index contributed by atoms with van der Waals surface area (Å²) in [6.07, 6.45) is 6.34. The highest BCUT2D eigenvalue weighted by molar-refractivity contribution is 5.01. The Morgan fingerprint density at radius 3 is 2.41 bits per heavy atom. The number of hydrogen-bond donors (Lipinski definition) is 2. The Balaban J connectivity index is 1.56. The van der Waals surface area contributed by atoms with E-state index in [4.69, 9.17) is 9.47 Å². The van der Waals surface area contributed by atoms with Gasteiger partial charge in [-0.3, -0.25) is 0 Å². The molecule has 2 heterocycles. The molecule has 0 spiro atoms. The van der Waals surface area contributed by atoms with Crippen molar-refractivity contribution >= 4 is 0 Å². The van der Waals surface area contributed by atoms with Crippen molar-refractivity contribution in [2.24, 2.45) is 5.92 Å². The summed E-state index contributed by atoms with van der Waals surface area (Å²) < 4.78 is 11.8. The number of ether oxygens (including phenoxy) is 2. The Kier molecular flexibility index (Phi) is 4.84. The Hall–Kier alpha value is -0.160. The fourth-order valence-corrected chi connectivity index (χ4v) is 4.35. The monoisotopic (exact) mass is 310 g/mol. The van der Waals surface area contributed by atoms with Crippen molar-refractivity contribution in [3.05, 3.63) is 0 Å². The van der Waals surface area contributed by atoms with Crippen LogP contribution in [0.2, 0.25) is 0 Å². The van der Waals surface area contributed by atoms with Crippen LogP contribution < -0.4 is 10.6 Å². The largest absolute Gasteiger partial charge is 0.379 e. The van der Waals surface area contributed by atoms with Gasteiger partial charge in [-0.15, -0.1) is 0 Å². The first kappa shape index (κ1) is 16.7. The molecule has 4 heteroatoms. The topological polar surface area (TPSA) is 42.5 Å². The summed E-state index contributed by atoms with van der Waals surface area (Å²) >= 11 is 0. The first-order valence-corrected chi connectivity index (χ1v) is 9.08. The van der Waals surface area contributed by atoms with Crippen LogP contribution in [0.4, 0.5) is 0 Å². The van der Waals surface area contributed by atoms with Crippen molar-refractivity contribution in [3.8, 4) is 0 Å². The van der Waals surface area contributed by atoms with Gasteiger partial charge in [0.1, 0.15) is 0 Å². The third-order valence-electron chi connectivity index (χ3n) is 5.19. The normalized spacial score (nSPS) is 35.5. The van der Waals surface area contributed by atoms with Crippen LogP contribution in [0.15, 0.2) is 0 Å². The van der Waals surface area contributed by atoms with Gasteiger partial charge in [-0.1, -0.05) is 0 Å². The summed E-state index contributed by atoms with van der Waals surface area (Å²) in [4.78, 5) is 0. The molecule has 2 aliphatic heterocycles. The van der Waals surface area contributed by atoms with Gasteiger partial charge in [-0.25, -0.2) is 0 Å². The summed E-state index contributed by atoms with van der Waals surface area (Å²) in [7, 11) is 0. The molecule has 0 aromatic heterocycles. The van der Waals surface area contributed by atoms with Crippen LogP contribution in [-0.4, -0.2) is 49.1 Å². The van der Waals surface area contributed by atoms with Crippen LogP contribution in [0.3, 0.4) is 0 Å². The Morgan fingerprint density at radius 2 is 1.77 bits per heavy atom. The SMILES string of the molecule is CC1(C)CC(N[C@@H]2CCOC[C@H]2OCC2CC2)CC(C)(C)N1. The molecule has 2 saturated heterocycles. The van der Waals surface area contributed by atoms with Crippen molar-refractivity contribution in [1.29, 1.82) is 0 Å². The Morgan fingerprint density at radius 1 is 1.09 bits per heavy atom. The molecule has 0 amide bonds. The maximum atomic E-state index is 6.16. The van der Waals surface area contributed by atoms with Crippen molar-refractivity contribution in [2.75, 3.05) is 19.8 Å². The van der Waals surface area contributed by atoms with Crippen molar-refractivity contribution in [2.45, 2.75) is 89.1 Å². The van der Waals surface area contributed by atoms with Crippen LogP contribution in [0, 0.1) is 5.92 Å². The smallest absolute Gasteiger partial charge is 0.0961 e. The van der Waals surface area contributed by atoms with Gasteiger partial charge in [0.15, 0.2) is 0 Å². The van der Waals surface area contributed by atoms with Gasteiger partial charge in [0.2, 0.25) is 0 Å². The summed E-state index contributed by atoms with van der Waals surface area (Å²) in [5, 5.41) is 7.68. The molecule has 22 heavy (non-hydrogen) atoms. The van der Waals surface area contributed by atoms with E-state index in [1.54, 1.807) is 0 Å². The second-order valence-electron chi connectivity index (χ2n) is 8.95. The molecule has 0 unspecified atom stereocenters. The molecule has 0 aromatic carbocycles. The lowest BCUT2D eigenvalue weighted by Crippen LogP contribution is -2.64. The van der Waals surface area contributed by atoms with E-state index in [9.17, 15) is 0 Å². The lowest BCUT2D eigenvalue weighted by atomic mass is 9.79. The molecule has 0 radical (unpaired) electrons. The molecule has 3 rings (SSSR count). The van der Waals surface area contributed by atoms with Crippen LogP contribution in [0.1, 0.15) is 59.8 Å². The zero-order valence-electron chi connectivity index (χ0n) is 14.8. The van der Waals surface area contributed by atoms with E-state index >= 15 is 0 Å². The molecule has 2 atom stereocenters. The van der Waals surface area contributed by atoms with Gasteiger partial charge in [0.25, 0.3) is 0 Å². The van der Waals surface area contributed by atoms with Gasteiger partial charge < -0.3 is 20.1 Å². The highest BCUT2D eigenvalue weighted by Gasteiger charge is 2.39. The van der Waals surface area contributed by atoms with Crippen molar-refractivity contribution in [3.63, 3.8) is 0 Å². The molecule has 1 saturated carbocycles. The number of piperidine rings is 1. The molecular formula is C18H34N2O2. The standard InChI is InChI=1S/C18H34N2O2/c1-17(2)9-14(10-18(3,4)20-17)19-15-7-8-21-12-16(15)22-11-13-5-6-13/h13-16,19-20H,5-12H2,1-4H3/t15-,16-/m1/s1. The van der Waals surface area contributed by atoms with Crippen LogP contribution in [0.25, 0.3) is 0 Å². The van der Waals surface area contributed by atoms with E-state index in [1.807, 2.05) is 0 Å². The van der Waals surface area contributed by atoms with Gasteiger partial charge >= 0.3 is 0 Å². The molecular weight excluding hydrogens is 276 g/mol. The van der Waals surface area contributed by atoms with E-state index in [-0.39, 0.29) is 17.2 Å². The number of hydrogen-bond acceptors (Lipinski definition) is 4. The lowest BCUT2D eigenvalue weighted by Gasteiger charge is -2.48. The van der Waals surface area contributed by atoms with E-state index < -0.39 is 0 Å². The zero-order chi connectivity index (χ0) is 15.8. The van der Waals surface area contributed by atoms with E-state index in [1.165, 1.54) is 25.7 Å². The fraction of sp³-hybridized carbons (Fsp3) is 1.00. The first-order chi connectivity index (χ1) is 10.3. The maximum absolute atomic E-state index is 6.16. The van der Waals surface area contributed by atoms with Gasteiger partial charge in [-0.2, -0.15) is 0 Å². The molecule has 3 fully saturated rings. The predicted molar refractivity (Wildman–Crippen MR) is 89.1 cm³/mol. The first-order valence-electron chi connectivity index (χ1n) is 9.08. The lowest BCUT2D eigenvalue weighted by molar-refractivity contribution is -0.0758. The number of nitrogens with one attached hydrogen (secondary N) is 2. The van der Waals surface area contributed by atoms with Gasteiger partial charge in [0, 0.05) is 36.4 Å². The number of rotatable bonds is 5. The van der Waals surface area contributed by atoms with Gasteiger partial charge in [-0.05, 0) is 65.7 Å². The summed E-state index contributed by atoms with van der Waals surface area (Å²) in [5.74, 6) is 0.819. The molecule has 3 aliphatic rings. The quantitative estimate of drug-likeness (QED) is 0.819. The molecule has 128 valence electrons. The van der Waals surface area contributed by atoms with Crippen LogP contribution in [0.5, 0.6) is 0 Å². The summed E-state index contributed by atoms with van der Waals surface area (Å²) in [5.41, 5.74) is 0.379. The van der Waals surface area contributed by atoms with Crippen molar-refractivity contribution < 1.29 is 9.47 Å². The molecule has 4 nitrogen and oxygen atoms in total.